The summed E-state index contributed by atoms with van der Waals surface area (Å²) in [4.78, 5) is 18.1. The summed E-state index contributed by atoms with van der Waals surface area (Å²) in [7, 11) is 0. The number of aliphatic hydroxyl groups excluding tert-OH is 1. The Morgan fingerprint density at radius 2 is 2.41 bits per heavy atom. The van der Waals surface area contributed by atoms with Crippen molar-refractivity contribution in [3.8, 4) is 6.07 Å². The second-order valence-corrected chi connectivity index (χ2v) is 6.12. The lowest BCUT2D eigenvalue weighted by molar-refractivity contribution is -0.123. The fourth-order valence-electron chi connectivity index (χ4n) is 2.36. The molecule has 0 radical (unpaired) electrons. The molecule has 0 unspecified atom stereocenters. The fourth-order valence-corrected chi connectivity index (χ4v) is 3.40. The maximum atomic E-state index is 12.1. The Kier molecular flexibility index (Phi) is 4.34. The Bertz CT molecular complexity index is 737. The van der Waals surface area contributed by atoms with Gasteiger partial charge in [0, 0.05) is 18.5 Å². The van der Waals surface area contributed by atoms with Crippen LogP contribution in [0.25, 0.3) is 10.2 Å². The van der Waals surface area contributed by atoms with E-state index in [4.69, 9.17) is 15.1 Å². The number of hydrogen-bond donors (Lipinski definition) is 1. The van der Waals surface area contributed by atoms with E-state index in [9.17, 15) is 4.79 Å². The van der Waals surface area contributed by atoms with Crippen LogP contribution in [0, 0.1) is 11.3 Å². The average molecular weight is 317 g/mol. The minimum Gasteiger partial charge on any atom is -0.393 e. The van der Waals surface area contributed by atoms with E-state index in [0.29, 0.717) is 6.42 Å². The summed E-state index contributed by atoms with van der Waals surface area (Å²) < 4.78 is 6.25. The number of amides is 1. The number of nitriles is 1. The summed E-state index contributed by atoms with van der Waals surface area (Å²) in [5, 5.41) is 18.6. The van der Waals surface area contributed by atoms with Gasteiger partial charge in [-0.05, 0) is 24.6 Å². The quantitative estimate of drug-likeness (QED) is 0.850. The lowest BCUT2D eigenvalue weighted by Gasteiger charge is -2.13. The predicted molar refractivity (Wildman–Crippen MR) is 82.5 cm³/mol. The molecule has 1 atom stereocenters. The van der Waals surface area contributed by atoms with E-state index in [1.807, 2.05) is 18.2 Å². The zero-order chi connectivity index (χ0) is 15.5. The van der Waals surface area contributed by atoms with Crippen molar-refractivity contribution in [2.45, 2.75) is 25.4 Å². The number of anilines is 1. The van der Waals surface area contributed by atoms with Gasteiger partial charge in [0.2, 0.25) is 0 Å². The molecule has 0 aliphatic carbocycles. The highest BCUT2D eigenvalue weighted by Gasteiger charge is 2.33. The number of ether oxygens (including phenoxy) is 1. The van der Waals surface area contributed by atoms with E-state index in [0.717, 1.165) is 33.8 Å². The molecule has 1 N–H and O–H groups in total. The molecule has 1 aromatic heterocycles. The van der Waals surface area contributed by atoms with Crippen molar-refractivity contribution in [1.29, 1.82) is 5.26 Å². The molecule has 0 spiro atoms. The van der Waals surface area contributed by atoms with E-state index in [-0.39, 0.29) is 19.2 Å². The zero-order valence-corrected chi connectivity index (χ0v) is 12.7. The van der Waals surface area contributed by atoms with Gasteiger partial charge < -0.3 is 9.84 Å². The fraction of sp³-hybridized carbons (Fsp3) is 0.400. The van der Waals surface area contributed by atoms with Gasteiger partial charge in [-0.25, -0.2) is 4.98 Å². The number of carbonyl (C=O) groups excluding carboxylic acids is 1. The minimum atomic E-state index is -0.765. The summed E-state index contributed by atoms with van der Waals surface area (Å²) in [6.45, 7) is -0.148. The highest BCUT2D eigenvalue weighted by Crippen LogP contribution is 2.29. The molecule has 2 aromatic rings. The molecule has 1 fully saturated rings. The molecule has 6 nitrogen and oxygen atoms in total. The molecule has 22 heavy (non-hydrogen) atoms. The SMILES string of the molecule is N#CCCCc1nc2ccc(N3CO[C@H](CO)C3=O)cc2s1. The summed E-state index contributed by atoms with van der Waals surface area (Å²) in [6, 6.07) is 7.77. The second kappa shape index (κ2) is 6.40. The van der Waals surface area contributed by atoms with E-state index < -0.39 is 6.10 Å². The highest BCUT2D eigenvalue weighted by molar-refractivity contribution is 7.18. The van der Waals surface area contributed by atoms with Crippen LogP contribution in [-0.2, 0) is 16.0 Å². The number of carbonyl (C=O) groups is 1. The maximum Gasteiger partial charge on any atom is 0.260 e. The molecule has 1 aromatic carbocycles. The standard InChI is InChI=1S/C15H15N3O3S/c16-6-2-1-3-14-17-11-5-4-10(7-13(11)22-14)18-9-21-12(8-19)15(18)20/h4-5,7,12,19H,1-3,8-9H2/t12-/m1/s1. The highest BCUT2D eigenvalue weighted by atomic mass is 32.1. The molecule has 1 amide bonds. The molecule has 0 saturated carbocycles. The Morgan fingerprint density at radius 3 is 3.14 bits per heavy atom. The predicted octanol–water partition coefficient (Wildman–Crippen LogP) is 1.82. The number of aliphatic hydroxyl groups is 1. The summed E-state index contributed by atoms with van der Waals surface area (Å²) in [5.41, 5.74) is 1.65. The number of fused-ring (bicyclic) bond motifs is 1. The van der Waals surface area contributed by atoms with Gasteiger partial charge in [0.15, 0.2) is 6.10 Å². The van der Waals surface area contributed by atoms with Gasteiger partial charge in [-0.15, -0.1) is 11.3 Å². The molecule has 2 heterocycles. The molecular weight excluding hydrogens is 302 g/mol. The van der Waals surface area contributed by atoms with Crippen LogP contribution in [0.1, 0.15) is 17.8 Å². The van der Waals surface area contributed by atoms with Crippen LogP contribution in [0.15, 0.2) is 18.2 Å². The van der Waals surface area contributed by atoms with Crippen molar-refractivity contribution >= 4 is 33.1 Å². The smallest absolute Gasteiger partial charge is 0.260 e. The van der Waals surface area contributed by atoms with Crippen LogP contribution < -0.4 is 4.90 Å². The first-order chi connectivity index (χ1) is 10.7. The third kappa shape index (κ3) is 2.81. The van der Waals surface area contributed by atoms with E-state index in [2.05, 4.69) is 11.1 Å². The van der Waals surface area contributed by atoms with E-state index in [1.165, 1.54) is 4.90 Å². The van der Waals surface area contributed by atoms with Gasteiger partial charge in [0.05, 0.1) is 27.9 Å². The normalized spacial score (nSPS) is 18.1. The molecular formula is C15H15N3O3S. The monoisotopic (exact) mass is 317 g/mol. The van der Waals surface area contributed by atoms with Crippen molar-refractivity contribution in [2.24, 2.45) is 0 Å². The lowest BCUT2D eigenvalue weighted by Crippen LogP contribution is -2.31. The Morgan fingerprint density at radius 1 is 1.55 bits per heavy atom. The molecule has 3 rings (SSSR count). The van der Waals surface area contributed by atoms with E-state index in [1.54, 1.807) is 11.3 Å². The van der Waals surface area contributed by atoms with Crippen molar-refractivity contribution in [3.63, 3.8) is 0 Å². The Balaban J connectivity index is 1.81. The van der Waals surface area contributed by atoms with Gasteiger partial charge in [0.25, 0.3) is 5.91 Å². The van der Waals surface area contributed by atoms with Gasteiger partial charge >= 0.3 is 0 Å². The Labute approximate surface area is 131 Å². The number of unbranched alkanes of at least 4 members (excludes halogenated alkanes) is 1. The van der Waals surface area contributed by atoms with Crippen LogP contribution >= 0.6 is 11.3 Å². The number of aromatic nitrogens is 1. The maximum absolute atomic E-state index is 12.1. The van der Waals surface area contributed by atoms with Crippen LogP contribution in [0.5, 0.6) is 0 Å². The molecule has 114 valence electrons. The van der Waals surface area contributed by atoms with E-state index >= 15 is 0 Å². The summed E-state index contributed by atoms with van der Waals surface area (Å²) in [5.74, 6) is -0.222. The van der Waals surface area contributed by atoms with Gasteiger partial charge in [-0.3, -0.25) is 9.69 Å². The summed E-state index contributed by atoms with van der Waals surface area (Å²) in [6.07, 6.45) is 1.36. The van der Waals surface area contributed by atoms with Gasteiger partial charge in [-0.2, -0.15) is 5.26 Å². The third-order valence-corrected chi connectivity index (χ3v) is 4.60. The van der Waals surface area contributed by atoms with Gasteiger partial charge in [0.1, 0.15) is 6.73 Å². The van der Waals surface area contributed by atoms with Crippen molar-refractivity contribution < 1.29 is 14.6 Å². The molecule has 0 bridgehead atoms. The largest absolute Gasteiger partial charge is 0.393 e. The number of nitrogens with zero attached hydrogens (tertiary/aromatic N) is 3. The second-order valence-electron chi connectivity index (χ2n) is 5.00. The van der Waals surface area contributed by atoms with Crippen molar-refractivity contribution in [3.05, 3.63) is 23.2 Å². The first-order valence-corrected chi connectivity index (χ1v) is 7.85. The number of rotatable bonds is 5. The average Bonchev–Trinajstić information content (AvgIpc) is 3.09. The van der Waals surface area contributed by atoms with Crippen molar-refractivity contribution in [1.82, 2.24) is 4.98 Å². The molecule has 1 aliphatic heterocycles. The number of thiazole rings is 1. The summed E-state index contributed by atoms with van der Waals surface area (Å²) >= 11 is 1.58. The first-order valence-electron chi connectivity index (χ1n) is 7.03. The number of benzene rings is 1. The molecule has 1 aliphatic rings. The van der Waals surface area contributed by atoms with Crippen LogP contribution in [-0.4, -0.2) is 35.4 Å². The lowest BCUT2D eigenvalue weighted by atomic mass is 10.2. The first kappa shape index (κ1) is 14.9. The molecule has 7 heteroatoms. The third-order valence-electron chi connectivity index (χ3n) is 3.52. The Hall–Kier alpha value is -2.01. The number of hydrogen-bond acceptors (Lipinski definition) is 6. The van der Waals surface area contributed by atoms with Crippen molar-refractivity contribution in [2.75, 3.05) is 18.2 Å². The van der Waals surface area contributed by atoms with Crippen LogP contribution in [0.2, 0.25) is 0 Å². The van der Waals surface area contributed by atoms with Crippen LogP contribution in [0.4, 0.5) is 5.69 Å². The topological polar surface area (TPSA) is 86.5 Å². The van der Waals surface area contributed by atoms with Gasteiger partial charge in [-0.1, -0.05) is 0 Å². The molecule has 1 saturated heterocycles. The zero-order valence-electron chi connectivity index (χ0n) is 11.9. The van der Waals surface area contributed by atoms with Crippen LogP contribution in [0.3, 0.4) is 0 Å². The number of aryl methyl sites for hydroxylation is 1. The minimum absolute atomic E-state index is 0.156.